The van der Waals surface area contributed by atoms with Crippen LogP contribution in [0, 0.1) is 17.2 Å². The predicted octanol–water partition coefficient (Wildman–Crippen LogP) is 2.72. The van der Waals surface area contributed by atoms with Crippen LogP contribution in [0.4, 0.5) is 0 Å². The van der Waals surface area contributed by atoms with Crippen molar-refractivity contribution in [2.24, 2.45) is 5.92 Å². The van der Waals surface area contributed by atoms with E-state index in [1.54, 1.807) is 4.90 Å². The molecule has 0 unspecified atom stereocenters. The Bertz CT molecular complexity index is 262. The quantitative estimate of drug-likeness (QED) is 0.671. The molecule has 0 aromatic rings. The third-order valence-electron chi connectivity index (χ3n) is 3.43. The lowest BCUT2D eigenvalue weighted by Crippen LogP contribution is -2.37. The highest BCUT2D eigenvalue weighted by molar-refractivity contribution is 5.76. The van der Waals surface area contributed by atoms with Crippen molar-refractivity contribution in [2.75, 3.05) is 6.54 Å². The van der Waals surface area contributed by atoms with E-state index in [4.69, 9.17) is 5.26 Å². The third-order valence-corrected chi connectivity index (χ3v) is 3.43. The first-order valence-corrected chi connectivity index (χ1v) is 6.31. The molecule has 1 aliphatic rings. The van der Waals surface area contributed by atoms with Crippen LogP contribution >= 0.6 is 0 Å². The number of hydrogen-bond donors (Lipinski definition) is 0. The van der Waals surface area contributed by atoms with E-state index in [2.05, 4.69) is 6.07 Å². The summed E-state index contributed by atoms with van der Waals surface area (Å²) in [4.78, 5) is 13.6. The Morgan fingerprint density at radius 2 is 2.06 bits per heavy atom. The summed E-state index contributed by atoms with van der Waals surface area (Å²) >= 11 is 0. The maximum absolute atomic E-state index is 11.9. The highest BCUT2D eigenvalue weighted by atomic mass is 16.2. The molecule has 90 valence electrons. The van der Waals surface area contributed by atoms with E-state index in [9.17, 15) is 4.79 Å². The summed E-state index contributed by atoms with van der Waals surface area (Å²) in [6, 6.07) is 2.20. The minimum atomic E-state index is 0.135. The zero-order valence-electron chi connectivity index (χ0n) is 10.4. The van der Waals surface area contributed by atoms with Gasteiger partial charge in [0.2, 0.25) is 5.91 Å². The second-order valence-electron chi connectivity index (χ2n) is 4.96. The molecule has 0 spiro atoms. The number of carbonyl (C=O) groups is 1. The molecular weight excluding hydrogens is 200 g/mol. The van der Waals surface area contributed by atoms with Crippen LogP contribution in [0.2, 0.25) is 0 Å². The minimum Gasteiger partial charge on any atom is -0.327 e. The van der Waals surface area contributed by atoms with Gasteiger partial charge in [0.25, 0.3) is 0 Å². The summed E-state index contributed by atoms with van der Waals surface area (Å²) in [6.45, 7) is 4.15. The molecule has 1 aliphatic carbocycles. The van der Waals surface area contributed by atoms with Gasteiger partial charge in [-0.25, -0.2) is 0 Å². The molecule has 0 aromatic heterocycles. The van der Waals surface area contributed by atoms with Crippen LogP contribution in [0.3, 0.4) is 0 Å². The van der Waals surface area contributed by atoms with Crippen LogP contribution in [0.15, 0.2) is 0 Å². The number of carbonyl (C=O) groups excluding carboxylic acids is 1. The highest BCUT2D eigenvalue weighted by Crippen LogP contribution is 2.28. The van der Waals surface area contributed by atoms with Crippen molar-refractivity contribution in [2.45, 2.75) is 58.4 Å². The smallest absolute Gasteiger partial charge is 0.223 e. The number of nitrogens with zero attached hydrogens (tertiary/aromatic N) is 2. The summed E-state index contributed by atoms with van der Waals surface area (Å²) in [5, 5.41) is 8.67. The molecule has 0 bridgehead atoms. The fraction of sp³-hybridized carbons (Fsp3) is 0.846. The molecule has 16 heavy (non-hydrogen) atoms. The monoisotopic (exact) mass is 222 g/mol. The zero-order chi connectivity index (χ0) is 12.0. The van der Waals surface area contributed by atoms with Crippen molar-refractivity contribution < 1.29 is 4.79 Å². The van der Waals surface area contributed by atoms with Gasteiger partial charge in [0.1, 0.15) is 6.54 Å². The van der Waals surface area contributed by atoms with E-state index in [1.165, 1.54) is 25.7 Å². The predicted molar refractivity (Wildman–Crippen MR) is 63.7 cm³/mol. The highest BCUT2D eigenvalue weighted by Gasteiger charge is 2.20. The number of nitriles is 1. The standard InChI is InChI=1S/C13H22N2O/c1-11(2)15(10-9-14)13(16)8-7-12-5-3-4-6-12/h11-12H,3-8,10H2,1-2H3. The van der Waals surface area contributed by atoms with Crippen molar-refractivity contribution >= 4 is 5.91 Å². The van der Waals surface area contributed by atoms with Crippen molar-refractivity contribution in [3.8, 4) is 6.07 Å². The molecule has 1 saturated carbocycles. The number of amides is 1. The maximum atomic E-state index is 11.9. The first-order valence-electron chi connectivity index (χ1n) is 6.31. The van der Waals surface area contributed by atoms with Crippen molar-refractivity contribution in [3.05, 3.63) is 0 Å². The molecule has 3 nitrogen and oxygen atoms in total. The Kier molecular flexibility index (Phi) is 5.31. The molecular formula is C13H22N2O. The first kappa shape index (κ1) is 13.0. The van der Waals surface area contributed by atoms with Gasteiger partial charge in [-0.05, 0) is 26.2 Å². The minimum absolute atomic E-state index is 0.135. The molecule has 3 heteroatoms. The topological polar surface area (TPSA) is 44.1 Å². The van der Waals surface area contributed by atoms with Crippen LogP contribution in [0.1, 0.15) is 52.4 Å². The largest absolute Gasteiger partial charge is 0.327 e. The van der Waals surface area contributed by atoms with E-state index < -0.39 is 0 Å². The lowest BCUT2D eigenvalue weighted by atomic mass is 10.0. The van der Waals surface area contributed by atoms with Crippen LogP contribution in [0.5, 0.6) is 0 Å². The van der Waals surface area contributed by atoms with Gasteiger partial charge in [0, 0.05) is 12.5 Å². The second kappa shape index (κ2) is 6.52. The molecule has 0 N–H and O–H groups in total. The van der Waals surface area contributed by atoms with Gasteiger partial charge in [-0.1, -0.05) is 25.7 Å². The van der Waals surface area contributed by atoms with Crippen LogP contribution < -0.4 is 0 Å². The summed E-state index contributed by atoms with van der Waals surface area (Å²) < 4.78 is 0. The van der Waals surface area contributed by atoms with Gasteiger partial charge in [-0.3, -0.25) is 4.79 Å². The van der Waals surface area contributed by atoms with Gasteiger partial charge in [-0.2, -0.15) is 5.26 Å². The normalized spacial score (nSPS) is 16.4. The summed E-state index contributed by atoms with van der Waals surface area (Å²) in [7, 11) is 0. The molecule has 0 heterocycles. The molecule has 1 amide bonds. The lowest BCUT2D eigenvalue weighted by molar-refractivity contribution is -0.132. The molecule has 1 fully saturated rings. The number of hydrogen-bond acceptors (Lipinski definition) is 2. The van der Waals surface area contributed by atoms with E-state index in [0.717, 1.165) is 12.3 Å². The van der Waals surface area contributed by atoms with E-state index in [0.29, 0.717) is 6.42 Å². The van der Waals surface area contributed by atoms with Crippen molar-refractivity contribution in [1.29, 1.82) is 5.26 Å². The second-order valence-corrected chi connectivity index (χ2v) is 4.96. The van der Waals surface area contributed by atoms with Gasteiger partial charge in [0.15, 0.2) is 0 Å². The van der Waals surface area contributed by atoms with Crippen LogP contribution in [-0.4, -0.2) is 23.4 Å². The fourth-order valence-corrected chi connectivity index (χ4v) is 2.41. The molecule has 0 aromatic carbocycles. The Labute approximate surface area is 98.4 Å². The van der Waals surface area contributed by atoms with Crippen LogP contribution in [-0.2, 0) is 4.79 Å². The average Bonchev–Trinajstić information content (AvgIpc) is 2.75. The summed E-state index contributed by atoms with van der Waals surface area (Å²) in [5.41, 5.74) is 0. The SMILES string of the molecule is CC(C)N(CC#N)C(=O)CCC1CCCC1. The van der Waals surface area contributed by atoms with Crippen molar-refractivity contribution in [3.63, 3.8) is 0 Å². The summed E-state index contributed by atoms with van der Waals surface area (Å²) in [6.07, 6.45) is 6.84. The lowest BCUT2D eigenvalue weighted by Gasteiger charge is -2.24. The van der Waals surface area contributed by atoms with E-state index >= 15 is 0 Å². The third kappa shape index (κ3) is 3.84. The Balaban J connectivity index is 2.33. The molecule has 0 atom stereocenters. The Morgan fingerprint density at radius 3 is 2.56 bits per heavy atom. The summed E-state index contributed by atoms with van der Waals surface area (Å²) in [5.74, 6) is 0.892. The fourth-order valence-electron chi connectivity index (χ4n) is 2.41. The van der Waals surface area contributed by atoms with Crippen molar-refractivity contribution in [1.82, 2.24) is 4.90 Å². The Morgan fingerprint density at radius 1 is 1.44 bits per heavy atom. The van der Waals surface area contributed by atoms with Gasteiger partial charge in [0.05, 0.1) is 6.07 Å². The number of rotatable bonds is 5. The van der Waals surface area contributed by atoms with Crippen LogP contribution in [0.25, 0.3) is 0 Å². The Hall–Kier alpha value is -1.04. The molecule has 0 aliphatic heterocycles. The zero-order valence-corrected chi connectivity index (χ0v) is 10.4. The molecule has 0 saturated heterocycles. The van der Waals surface area contributed by atoms with Gasteiger partial charge >= 0.3 is 0 Å². The van der Waals surface area contributed by atoms with E-state index in [1.807, 2.05) is 13.8 Å². The maximum Gasteiger partial charge on any atom is 0.223 e. The van der Waals surface area contributed by atoms with Gasteiger partial charge < -0.3 is 4.90 Å². The molecule has 0 radical (unpaired) electrons. The van der Waals surface area contributed by atoms with E-state index in [-0.39, 0.29) is 18.5 Å². The average molecular weight is 222 g/mol. The molecule has 1 rings (SSSR count). The van der Waals surface area contributed by atoms with Gasteiger partial charge in [-0.15, -0.1) is 0 Å². The first-order chi connectivity index (χ1) is 7.65.